The molecule has 0 aromatic heterocycles. The third-order valence-electron chi connectivity index (χ3n) is 5.89. The SMILES string of the molecule is CCCCCCC/C=C/CCCCCCCc1cccc2c1CN(CCO)CO2. The molecule has 1 heterocycles. The van der Waals surface area contributed by atoms with Gasteiger partial charge in [0.2, 0.25) is 0 Å². The minimum absolute atomic E-state index is 0.189. The van der Waals surface area contributed by atoms with Gasteiger partial charge in [-0.2, -0.15) is 0 Å². The lowest BCUT2D eigenvalue weighted by Gasteiger charge is -2.29. The summed E-state index contributed by atoms with van der Waals surface area (Å²) in [5.74, 6) is 1.04. The second-order valence-electron chi connectivity index (χ2n) is 8.42. The number of hydrogen-bond acceptors (Lipinski definition) is 3. The minimum Gasteiger partial charge on any atom is -0.478 e. The molecule has 1 aromatic rings. The monoisotopic (exact) mass is 401 g/mol. The molecule has 1 aliphatic heterocycles. The molecule has 0 amide bonds. The van der Waals surface area contributed by atoms with E-state index in [1.165, 1.54) is 88.2 Å². The fourth-order valence-electron chi connectivity index (χ4n) is 4.08. The summed E-state index contributed by atoms with van der Waals surface area (Å²) in [5, 5.41) is 9.18. The first-order chi connectivity index (χ1) is 14.3. The van der Waals surface area contributed by atoms with Gasteiger partial charge in [-0.25, -0.2) is 0 Å². The maximum atomic E-state index is 9.18. The molecule has 0 saturated heterocycles. The van der Waals surface area contributed by atoms with Gasteiger partial charge in [-0.05, 0) is 50.2 Å². The van der Waals surface area contributed by atoms with E-state index in [0.717, 1.165) is 18.7 Å². The van der Waals surface area contributed by atoms with Crippen LogP contribution in [0, 0.1) is 0 Å². The molecule has 0 saturated carbocycles. The molecule has 1 N–H and O–H groups in total. The Kier molecular flexibility index (Phi) is 12.8. The van der Waals surface area contributed by atoms with E-state index in [-0.39, 0.29) is 6.61 Å². The number of allylic oxidation sites excluding steroid dienone is 2. The molecule has 0 unspecified atom stereocenters. The van der Waals surface area contributed by atoms with Gasteiger partial charge >= 0.3 is 0 Å². The van der Waals surface area contributed by atoms with Gasteiger partial charge < -0.3 is 9.84 Å². The fourth-order valence-corrected chi connectivity index (χ4v) is 4.08. The van der Waals surface area contributed by atoms with Crippen molar-refractivity contribution in [3.05, 3.63) is 41.5 Å². The highest BCUT2D eigenvalue weighted by Crippen LogP contribution is 2.29. The number of aliphatic hydroxyl groups is 1. The van der Waals surface area contributed by atoms with Crippen molar-refractivity contribution in [2.45, 2.75) is 96.9 Å². The van der Waals surface area contributed by atoms with E-state index in [0.29, 0.717) is 13.3 Å². The van der Waals surface area contributed by atoms with Gasteiger partial charge in [-0.1, -0.05) is 76.2 Å². The van der Waals surface area contributed by atoms with Gasteiger partial charge in [0, 0.05) is 18.7 Å². The van der Waals surface area contributed by atoms with Crippen molar-refractivity contribution in [2.24, 2.45) is 0 Å². The number of unbranched alkanes of at least 4 members (excludes halogenated alkanes) is 10. The molecular formula is C26H43NO2. The van der Waals surface area contributed by atoms with E-state index < -0.39 is 0 Å². The summed E-state index contributed by atoms with van der Waals surface area (Å²) in [6.07, 6.45) is 21.9. The standard InChI is InChI=1S/C26H43NO2/c1-2-3-4-5-6-7-8-9-10-11-12-13-14-15-17-24-18-16-19-26-25(24)22-27(20-21-28)23-29-26/h8-9,16,18-19,28H,2-7,10-15,17,20-23H2,1H3/b9-8+. The van der Waals surface area contributed by atoms with Crippen molar-refractivity contribution >= 4 is 0 Å². The Hall–Kier alpha value is -1.32. The number of fused-ring (bicyclic) bond motifs is 1. The Balaban J connectivity index is 1.52. The van der Waals surface area contributed by atoms with E-state index in [9.17, 15) is 5.11 Å². The Morgan fingerprint density at radius 2 is 1.62 bits per heavy atom. The summed E-state index contributed by atoms with van der Waals surface area (Å²) < 4.78 is 5.86. The molecule has 2 rings (SSSR count). The Labute approximate surface area is 179 Å². The van der Waals surface area contributed by atoms with Crippen LogP contribution in [0.3, 0.4) is 0 Å². The maximum absolute atomic E-state index is 9.18. The predicted octanol–water partition coefficient (Wildman–Crippen LogP) is 6.63. The van der Waals surface area contributed by atoms with Gasteiger partial charge in [-0.15, -0.1) is 0 Å². The second kappa shape index (κ2) is 15.5. The molecule has 29 heavy (non-hydrogen) atoms. The lowest BCUT2D eigenvalue weighted by Crippen LogP contribution is -2.34. The van der Waals surface area contributed by atoms with Crippen molar-refractivity contribution in [2.75, 3.05) is 19.9 Å². The van der Waals surface area contributed by atoms with Gasteiger partial charge in [0.05, 0.1) is 6.61 Å². The lowest BCUT2D eigenvalue weighted by molar-refractivity contribution is 0.0766. The first-order valence-electron chi connectivity index (χ1n) is 12.1. The van der Waals surface area contributed by atoms with Crippen molar-refractivity contribution < 1.29 is 9.84 Å². The summed E-state index contributed by atoms with van der Waals surface area (Å²) >= 11 is 0. The number of ether oxygens (including phenoxy) is 1. The van der Waals surface area contributed by atoms with Crippen LogP contribution in [0.2, 0.25) is 0 Å². The highest BCUT2D eigenvalue weighted by atomic mass is 16.5. The van der Waals surface area contributed by atoms with Crippen molar-refractivity contribution in [3.8, 4) is 5.75 Å². The van der Waals surface area contributed by atoms with Crippen molar-refractivity contribution in [1.82, 2.24) is 4.90 Å². The van der Waals surface area contributed by atoms with Crippen LogP contribution in [0.25, 0.3) is 0 Å². The van der Waals surface area contributed by atoms with Gasteiger partial charge in [-0.3, -0.25) is 4.90 Å². The zero-order chi connectivity index (χ0) is 20.6. The molecule has 0 aliphatic carbocycles. The van der Waals surface area contributed by atoms with Crippen molar-refractivity contribution in [3.63, 3.8) is 0 Å². The van der Waals surface area contributed by atoms with E-state index in [1.54, 1.807) is 0 Å². The van der Waals surface area contributed by atoms with E-state index in [4.69, 9.17) is 4.74 Å². The van der Waals surface area contributed by atoms with Gasteiger partial charge in [0.25, 0.3) is 0 Å². The van der Waals surface area contributed by atoms with Crippen LogP contribution in [0.5, 0.6) is 5.75 Å². The van der Waals surface area contributed by atoms with Crippen LogP contribution in [0.15, 0.2) is 30.4 Å². The van der Waals surface area contributed by atoms with Crippen LogP contribution < -0.4 is 4.74 Å². The molecule has 0 radical (unpaired) electrons. The molecule has 1 aliphatic rings. The third-order valence-corrected chi connectivity index (χ3v) is 5.89. The lowest BCUT2D eigenvalue weighted by atomic mass is 9.98. The van der Waals surface area contributed by atoms with E-state index >= 15 is 0 Å². The molecule has 0 bridgehead atoms. The van der Waals surface area contributed by atoms with Gasteiger partial charge in [0.1, 0.15) is 12.5 Å². The zero-order valence-electron chi connectivity index (χ0n) is 18.7. The Morgan fingerprint density at radius 3 is 2.34 bits per heavy atom. The molecule has 1 aromatic carbocycles. The van der Waals surface area contributed by atoms with E-state index in [1.807, 2.05) is 0 Å². The Bertz CT molecular complexity index is 570. The number of nitrogens with zero attached hydrogens (tertiary/aromatic N) is 1. The smallest absolute Gasteiger partial charge is 0.142 e. The molecule has 0 fully saturated rings. The average Bonchev–Trinajstić information content (AvgIpc) is 2.74. The number of aliphatic hydroxyl groups excluding tert-OH is 1. The topological polar surface area (TPSA) is 32.7 Å². The number of rotatable bonds is 16. The van der Waals surface area contributed by atoms with Gasteiger partial charge in [0.15, 0.2) is 0 Å². The molecule has 3 nitrogen and oxygen atoms in total. The van der Waals surface area contributed by atoms with Crippen molar-refractivity contribution in [1.29, 1.82) is 0 Å². The highest BCUT2D eigenvalue weighted by Gasteiger charge is 2.19. The largest absolute Gasteiger partial charge is 0.478 e. The van der Waals surface area contributed by atoms with Crippen LogP contribution in [0.1, 0.15) is 95.1 Å². The first-order valence-corrected chi connectivity index (χ1v) is 12.1. The number of β-amino-alcohol motifs (C(OH)–C–C–N with tert-alkyl or cyclic N) is 1. The number of benzene rings is 1. The maximum Gasteiger partial charge on any atom is 0.142 e. The van der Waals surface area contributed by atoms with Crippen LogP contribution >= 0.6 is 0 Å². The molecule has 0 atom stereocenters. The highest BCUT2D eigenvalue weighted by molar-refractivity contribution is 5.41. The zero-order valence-corrected chi connectivity index (χ0v) is 18.7. The summed E-state index contributed by atoms with van der Waals surface area (Å²) in [7, 11) is 0. The molecular weight excluding hydrogens is 358 g/mol. The fraction of sp³-hybridized carbons (Fsp3) is 0.692. The summed E-state index contributed by atoms with van der Waals surface area (Å²) in [5.41, 5.74) is 2.75. The summed E-state index contributed by atoms with van der Waals surface area (Å²) in [6, 6.07) is 6.44. The third kappa shape index (κ3) is 9.82. The quantitative estimate of drug-likeness (QED) is 0.249. The Morgan fingerprint density at radius 1 is 0.931 bits per heavy atom. The number of aryl methyl sites for hydroxylation is 1. The molecule has 164 valence electrons. The second-order valence-corrected chi connectivity index (χ2v) is 8.42. The molecule has 0 spiro atoms. The van der Waals surface area contributed by atoms with Crippen LogP contribution in [-0.4, -0.2) is 29.9 Å². The normalized spacial score (nSPS) is 14.3. The molecule has 3 heteroatoms. The summed E-state index contributed by atoms with van der Waals surface area (Å²) in [6.45, 7) is 4.63. The first kappa shape index (κ1) is 24.0. The minimum atomic E-state index is 0.189. The average molecular weight is 402 g/mol. The van der Waals surface area contributed by atoms with Crippen LogP contribution in [-0.2, 0) is 13.0 Å². The number of hydrogen-bond donors (Lipinski definition) is 1. The predicted molar refractivity (Wildman–Crippen MR) is 123 cm³/mol. The van der Waals surface area contributed by atoms with E-state index in [2.05, 4.69) is 42.2 Å². The summed E-state index contributed by atoms with van der Waals surface area (Å²) in [4.78, 5) is 2.17. The van der Waals surface area contributed by atoms with Crippen LogP contribution in [0.4, 0.5) is 0 Å².